The topological polar surface area (TPSA) is 9.23 Å². The van der Waals surface area contributed by atoms with Gasteiger partial charge < -0.3 is 4.74 Å². The standard InChI is InChI=1S/C18H38O/c1-13(2)17(7)15(5)9-11-19-12-10-16(6)18(8)14(3)4/h13-18H,9-12H2,1-8H3. The molecule has 0 aliphatic heterocycles. The van der Waals surface area contributed by atoms with E-state index in [0.717, 1.165) is 48.7 Å². The smallest absolute Gasteiger partial charge is 0.0468 e. The molecule has 0 bridgehead atoms. The number of rotatable bonds is 10. The summed E-state index contributed by atoms with van der Waals surface area (Å²) in [5, 5.41) is 0. The highest BCUT2D eigenvalue weighted by atomic mass is 16.5. The highest BCUT2D eigenvalue weighted by molar-refractivity contribution is 4.66. The fraction of sp³-hybridized carbons (Fsp3) is 1.00. The van der Waals surface area contributed by atoms with Crippen LogP contribution in [0.1, 0.15) is 68.2 Å². The Bertz CT molecular complexity index is 188. The van der Waals surface area contributed by atoms with E-state index in [1.807, 2.05) is 0 Å². The Morgan fingerprint density at radius 1 is 0.579 bits per heavy atom. The second kappa shape index (κ2) is 9.80. The largest absolute Gasteiger partial charge is 0.381 e. The third-order valence-electron chi connectivity index (χ3n) is 5.33. The van der Waals surface area contributed by atoms with Crippen molar-refractivity contribution in [1.82, 2.24) is 0 Å². The molecule has 1 heteroatoms. The summed E-state index contributed by atoms with van der Waals surface area (Å²) in [6.45, 7) is 20.6. The van der Waals surface area contributed by atoms with Gasteiger partial charge in [-0.15, -0.1) is 0 Å². The minimum Gasteiger partial charge on any atom is -0.381 e. The van der Waals surface area contributed by atoms with Gasteiger partial charge in [-0.25, -0.2) is 0 Å². The molecule has 4 atom stereocenters. The summed E-state index contributed by atoms with van der Waals surface area (Å²) in [5.41, 5.74) is 0. The van der Waals surface area contributed by atoms with Crippen LogP contribution in [0.4, 0.5) is 0 Å². The summed E-state index contributed by atoms with van der Waals surface area (Å²) in [4.78, 5) is 0. The molecule has 19 heavy (non-hydrogen) atoms. The number of ether oxygens (including phenoxy) is 1. The molecule has 0 radical (unpaired) electrons. The van der Waals surface area contributed by atoms with Crippen molar-refractivity contribution in [2.24, 2.45) is 35.5 Å². The van der Waals surface area contributed by atoms with Gasteiger partial charge in [0, 0.05) is 13.2 Å². The van der Waals surface area contributed by atoms with E-state index in [1.54, 1.807) is 0 Å². The first-order chi connectivity index (χ1) is 8.77. The zero-order valence-corrected chi connectivity index (χ0v) is 14.7. The molecule has 0 saturated heterocycles. The molecule has 0 rings (SSSR count). The molecule has 0 aromatic rings. The first kappa shape index (κ1) is 19.0. The molecular weight excluding hydrogens is 232 g/mol. The van der Waals surface area contributed by atoms with Crippen LogP contribution in [0.25, 0.3) is 0 Å². The van der Waals surface area contributed by atoms with E-state index in [1.165, 1.54) is 12.8 Å². The molecule has 0 aliphatic carbocycles. The Kier molecular flexibility index (Phi) is 9.78. The van der Waals surface area contributed by atoms with Gasteiger partial charge in [-0.2, -0.15) is 0 Å². The van der Waals surface area contributed by atoms with Crippen LogP contribution < -0.4 is 0 Å². The summed E-state index contributed by atoms with van der Waals surface area (Å²) >= 11 is 0. The summed E-state index contributed by atoms with van der Waals surface area (Å²) in [7, 11) is 0. The van der Waals surface area contributed by atoms with Crippen LogP contribution in [0.3, 0.4) is 0 Å². The lowest BCUT2D eigenvalue weighted by Crippen LogP contribution is -2.18. The second-order valence-corrected chi connectivity index (χ2v) is 7.35. The third-order valence-corrected chi connectivity index (χ3v) is 5.33. The van der Waals surface area contributed by atoms with E-state index in [-0.39, 0.29) is 0 Å². The molecule has 0 N–H and O–H groups in total. The average molecular weight is 271 g/mol. The Morgan fingerprint density at radius 2 is 0.895 bits per heavy atom. The van der Waals surface area contributed by atoms with E-state index >= 15 is 0 Å². The molecule has 0 amide bonds. The van der Waals surface area contributed by atoms with Crippen LogP contribution in [0.15, 0.2) is 0 Å². The lowest BCUT2D eigenvalue weighted by Gasteiger charge is -2.24. The van der Waals surface area contributed by atoms with Crippen molar-refractivity contribution in [3.63, 3.8) is 0 Å². The van der Waals surface area contributed by atoms with E-state index in [2.05, 4.69) is 55.4 Å². The van der Waals surface area contributed by atoms with Gasteiger partial charge in [0.1, 0.15) is 0 Å². The maximum Gasteiger partial charge on any atom is 0.0468 e. The summed E-state index contributed by atoms with van der Waals surface area (Å²) in [6, 6.07) is 0. The van der Waals surface area contributed by atoms with Gasteiger partial charge in [-0.05, 0) is 48.3 Å². The van der Waals surface area contributed by atoms with E-state index < -0.39 is 0 Å². The van der Waals surface area contributed by atoms with E-state index in [4.69, 9.17) is 4.74 Å². The fourth-order valence-corrected chi connectivity index (χ4v) is 2.48. The zero-order valence-electron chi connectivity index (χ0n) is 14.7. The summed E-state index contributed by atoms with van der Waals surface area (Å²) in [5.74, 6) is 4.69. The van der Waals surface area contributed by atoms with Crippen molar-refractivity contribution in [3.05, 3.63) is 0 Å². The highest BCUT2D eigenvalue weighted by Crippen LogP contribution is 2.24. The van der Waals surface area contributed by atoms with Crippen molar-refractivity contribution in [3.8, 4) is 0 Å². The van der Waals surface area contributed by atoms with Crippen LogP contribution in [0, 0.1) is 35.5 Å². The van der Waals surface area contributed by atoms with Crippen molar-refractivity contribution in [1.29, 1.82) is 0 Å². The first-order valence-electron chi connectivity index (χ1n) is 8.35. The molecule has 0 aromatic carbocycles. The lowest BCUT2D eigenvalue weighted by atomic mass is 9.84. The number of hydrogen-bond donors (Lipinski definition) is 0. The van der Waals surface area contributed by atoms with Crippen molar-refractivity contribution in [2.45, 2.75) is 68.2 Å². The van der Waals surface area contributed by atoms with Crippen molar-refractivity contribution >= 4 is 0 Å². The van der Waals surface area contributed by atoms with Crippen molar-refractivity contribution in [2.75, 3.05) is 13.2 Å². The van der Waals surface area contributed by atoms with Gasteiger partial charge in [0.25, 0.3) is 0 Å². The van der Waals surface area contributed by atoms with Gasteiger partial charge in [0.2, 0.25) is 0 Å². The molecule has 0 aromatic heterocycles. The monoisotopic (exact) mass is 270 g/mol. The maximum absolute atomic E-state index is 5.83. The van der Waals surface area contributed by atoms with Crippen LogP contribution in [0.2, 0.25) is 0 Å². The van der Waals surface area contributed by atoms with Crippen LogP contribution in [0.5, 0.6) is 0 Å². The van der Waals surface area contributed by atoms with E-state index in [9.17, 15) is 0 Å². The van der Waals surface area contributed by atoms with Gasteiger partial charge in [-0.3, -0.25) is 0 Å². The average Bonchev–Trinajstić information content (AvgIpc) is 2.35. The second-order valence-electron chi connectivity index (χ2n) is 7.35. The molecular formula is C18H38O. The molecule has 0 fully saturated rings. The fourth-order valence-electron chi connectivity index (χ4n) is 2.48. The SMILES string of the molecule is CC(C)C(C)C(C)CCOCCC(C)C(C)C(C)C. The normalized spacial score (nSPS) is 18.6. The Labute approximate surface area is 122 Å². The minimum absolute atomic E-state index is 0.770. The maximum atomic E-state index is 5.83. The molecule has 0 saturated carbocycles. The summed E-state index contributed by atoms with van der Waals surface area (Å²) in [6.07, 6.45) is 2.40. The third kappa shape index (κ3) is 7.97. The predicted molar refractivity (Wildman–Crippen MR) is 86.4 cm³/mol. The molecule has 0 spiro atoms. The van der Waals surface area contributed by atoms with Crippen molar-refractivity contribution < 1.29 is 4.74 Å². The van der Waals surface area contributed by atoms with Crippen LogP contribution >= 0.6 is 0 Å². The highest BCUT2D eigenvalue weighted by Gasteiger charge is 2.17. The lowest BCUT2D eigenvalue weighted by molar-refractivity contribution is 0.0914. The Hall–Kier alpha value is -0.0400. The summed E-state index contributed by atoms with van der Waals surface area (Å²) < 4.78 is 5.83. The quantitative estimate of drug-likeness (QED) is 0.467. The van der Waals surface area contributed by atoms with Gasteiger partial charge >= 0.3 is 0 Å². The molecule has 116 valence electrons. The molecule has 0 heterocycles. The van der Waals surface area contributed by atoms with Crippen LogP contribution in [-0.4, -0.2) is 13.2 Å². The minimum atomic E-state index is 0.770. The van der Waals surface area contributed by atoms with E-state index in [0.29, 0.717) is 0 Å². The molecule has 4 unspecified atom stereocenters. The zero-order chi connectivity index (χ0) is 15.0. The molecule has 1 nitrogen and oxygen atoms in total. The molecule has 0 aliphatic rings. The van der Waals surface area contributed by atoms with Gasteiger partial charge in [-0.1, -0.05) is 55.4 Å². The number of hydrogen-bond acceptors (Lipinski definition) is 1. The Morgan fingerprint density at radius 3 is 1.16 bits per heavy atom. The Balaban J connectivity index is 3.65. The first-order valence-corrected chi connectivity index (χ1v) is 8.35. The predicted octanol–water partition coefficient (Wildman–Crippen LogP) is 5.64. The van der Waals surface area contributed by atoms with Gasteiger partial charge in [0.05, 0.1) is 0 Å². The van der Waals surface area contributed by atoms with Crippen LogP contribution in [-0.2, 0) is 4.74 Å². The van der Waals surface area contributed by atoms with Gasteiger partial charge in [0.15, 0.2) is 0 Å².